The second-order valence-corrected chi connectivity index (χ2v) is 3.20. The number of aromatic nitrogens is 2. The van der Waals surface area contributed by atoms with Crippen LogP contribution in [0.5, 0.6) is 0 Å². The summed E-state index contributed by atoms with van der Waals surface area (Å²) in [6, 6.07) is -0.0741. The van der Waals surface area contributed by atoms with E-state index in [4.69, 9.17) is 10.6 Å². The molecule has 1 aromatic heterocycles. The molecule has 14 heavy (non-hydrogen) atoms. The van der Waals surface area contributed by atoms with E-state index in [9.17, 15) is 0 Å². The maximum atomic E-state index is 5.48. The molecule has 80 valence electrons. The highest BCUT2D eigenvalue weighted by Crippen LogP contribution is 2.15. The number of rotatable bonds is 5. The molecule has 0 aromatic carbocycles. The Morgan fingerprint density at radius 1 is 1.71 bits per heavy atom. The first-order chi connectivity index (χ1) is 6.70. The van der Waals surface area contributed by atoms with Gasteiger partial charge in [0.2, 0.25) is 0 Å². The number of hydrogen-bond donors (Lipinski definition) is 2. The molecular weight excluding hydrogens is 180 g/mol. The molecule has 0 radical (unpaired) electrons. The number of nitrogens with zero attached hydrogens (tertiary/aromatic N) is 2. The van der Waals surface area contributed by atoms with Crippen molar-refractivity contribution in [1.29, 1.82) is 0 Å². The lowest BCUT2D eigenvalue weighted by Crippen LogP contribution is -2.38. The standard InChI is InChI=1S/C9H18N4O/c1-4-14-7(2)8(12-10)9-11-5-6-13(9)3/h5-8,12H,4,10H2,1-3H3. The van der Waals surface area contributed by atoms with Crippen molar-refractivity contribution >= 4 is 0 Å². The topological polar surface area (TPSA) is 65.1 Å². The number of hydrazine groups is 1. The van der Waals surface area contributed by atoms with E-state index in [-0.39, 0.29) is 12.1 Å². The van der Waals surface area contributed by atoms with Gasteiger partial charge in [-0.25, -0.2) is 10.4 Å². The molecular formula is C9H18N4O. The molecule has 0 aliphatic carbocycles. The number of nitrogens with one attached hydrogen (secondary N) is 1. The van der Waals surface area contributed by atoms with Gasteiger partial charge in [0.15, 0.2) is 0 Å². The molecule has 1 rings (SSSR count). The highest BCUT2D eigenvalue weighted by Gasteiger charge is 2.21. The molecule has 1 aromatic rings. The van der Waals surface area contributed by atoms with Crippen LogP contribution in [0.4, 0.5) is 0 Å². The fourth-order valence-corrected chi connectivity index (χ4v) is 1.46. The van der Waals surface area contributed by atoms with Crippen molar-refractivity contribution in [1.82, 2.24) is 15.0 Å². The summed E-state index contributed by atoms with van der Waals surface area (Å²) in [6.07, 6.45) is 3.64. The van der Waals surface area contributed by atoms with Crippen LogP contribution in [-0.4, -0.2) is 22.3 Å². The second kappa shape index (κ2) is 5.09. The Balaban J connectivity index is 2.76. The van der Waals surface area contributed by atoms with E-state index in [0.29, 0.717) is 6.61 Å². The highest BCUT2D eigenvalue weighted by atomic mass is 16.5. The molecule has 0 spiro atoms. The van der Waals surface area contributed by atoms with Crippen molar-refractivity contribution in [3.05, 3.63) is 18.2 Å². The molecule has 1 heterocycles. The fraction of sp³-hybridized carbons (Fsp3) is 0.667. The number of aryl methyl sites for hydroxylation is 1. The van der Waals surface area contributed by atoms with Gasteiger partial charge in [-0.1, -0.05) is 0 Å². The van der Waals surface area contributed by atoms with E-state index in [0.717, 1.165) is 5.82 Å². The van der Waals surface area contributed by atoms with Crippen LogP contribution in [0.3, 0.4) is 0 Å². The summed E-state index contributed by atoms with van der Waals surface area (Å²) in [5, 5.41) is 0. The van der Waals surface area contributed by atoms with E-state index in [1.165, 1.54) is 0 Å². The lowest BCUT2D eigenvalue weighted by molar-refractivity contribution is 0.0442. The van der Waals surface area contributed by atoms with Crippen molar-refractivity contribution in [2.45, 2.75) is 26.0 Å². The molecule has 2 atom stereocenters. The normalized spacial score (nSPS) is 15.4. The molecule has 0 bridgehead atoms. The minimum atomic E-state index is -0.0741. The fourth-order valence-electron chi connectivity index (χ4n) is 1.46. The van der Waals surface area contributed by atoms with E-state index in [2.05, 4.69) is 10.4 Å². The molecule has 0 saturated carbocycles. The summed E-state index contributed by atoms with van der Waals surface area (Å²) in [5.41, 5.74) is 2.72. The first-order valence-corrected chi connectivity index (χ1v) is 4.75. The second-order valence-electron chi connectivity index (χ2n) is 3.20. The third-order valence-corrected chi connectivity index (χ3v) is 2.22. The van der Waals surface area contributed by atoms with Gasteiger partial charge >= 0.3 is 0 Å². The highest BCUT2D eigenvalue weighted by molar-refractivity contribution is 5.00. The van der Waals surface area contributed by atoms with Gasteiger partial charge in [0.1, 0.15) is 11.9 Å². The lowest BCUT2D eigenvalue weighted by Gasteiger charge is -2.22. The van der Waals surface area contributed by atoms with Gasteiger partial charge in [0.25, 0.3) is 0 Å². The van der Waals surface area contributed by atoms with Gasteiger partial charge in [0.05, 0.1) is 6.10 Å². The van der Waals surface area contributed by atoms with Gasteiger partial charge < -0.3 is 9.30 Å². The predicted octanol–water partition coefficient (Wildman–Crippen LogP) is 0.349. The van der Waals surface area contributed by atoms with Crippen molar-refractivity contribution in [2.24, 2.45) is 12.9 Å². The summed E-state index contributed by atoms with van der Waals surface area (Å²) in [6.45, 7) is 4.61. The van der Waals surface area contributed by atoms with Crippen molar-refractivity contribution < 1.29 is 4.74 Å². The minimum Gasteiger partial charge on any atom is -0.377 e. The molecule has 5 nitrogen and oxygen atoms in total. The monoisotopic (exact) mass is 198 g/mol. The third-order valence-electron chi connectivity index (χ3n) is 2.22. The van der Waals surface area contributed by atoms with Crippen LogP contribution in [0.2, 0.25) is 0 Å². The van der Waals surface area contributed by atoms with Crippen molar-refractivity contribution in [3.63, 3.8) is 0 Å². The number of hydrogen-bond acceptors (Lipinski definition) is 4. The Bertz CT molecular complexity index is 274. The average molecular weight is 198 g/mol. The molecule has 3 N–H and O–H groups in total. The summed E-state index contributed by atoms with van der Waals surface area (Å²) >= 11 is 0. The van der Waals surface area contributed by atoms with Crippen molar-refractivity contribution in [2.75, 3.05) is 6.61 Å². The average Bonchev–Trinajstić information content (AvgIpc) is 2.54. The van der Waals surface area contributed by atoms with Crippen LogP contribution in [0, 0.1) is 0 Å². The summed E-state index contributed by atoms with van der Waals surface area (Å²) in [5.74, 6) is 6.36. The maximum Gasteiger partial charge on any atom is 0.129 e. The van der Waals surface area contributed by atoms with E-state index in [1.807, 2.05) is 31.7 Å². The Hall–Kier alpha value is -0.910. The largest absolute Gasteiger partial charge is 0.377 e. The van der Waals surface area contributed by atoms with Gasteiger partial charge in [0, 0.05) is 26.0 Å². The van der Waals surface area contributed by atoms with Crippen molar-refractivity contribution in [3.8, 4) is 0 Å². The first-order valence-electron chi connectivity index (χ1n) is 4.75. The Morgan fingerprint density at radius 2 is 2.43 bits per heavy atom. The summed E-state index contributed by atoms with van der Waals surface area (Å²) < 4.78 is 7.41. The number of nitrogens with two attached hydrogens (primary N) is 1. The third kappa shape index (κ3) is 2.31. The van der Waals surface area contributed by atoms with Crippen LogP contribution < -0.4 is 11.3 Å². The van der Waals surface area contributed by atoms with Gasteiger partial charge in [-0.15, -0.1) is 0 Å². The van der Waals surface area contributed by atoms with E-state index in [1.54, 1.807) is 6.20 Å². The molecule has 0 saturated heterocycles. The number of imidazole rings is 1. The smallest absolute Gasteiger partial charge is 0.129 e. The minimum absolute atomic E-state index is 0.00565. The SMILES string of the molecule is CCOC(C)C(NN)c1nccn1C. The summed E-state index contributed by atoms with van der Waals surface area (Å²) in [7, 11) is 1.94. The molecule has 0 amide bonds. The van der Waals surface area contributed by atoms with Gasteiger partial charge in [-0.2, -0.15) is 0 Å². The van der Waals surface area contributed by atoms with E-state index < -0.39 is 0 Å². The molecule has 2 unspecified atom stereocenters. The first kappa shape index (κ1) is 11.2. The molecule has 5 heteroatoms. The van der Waals surface area contributed by atoms with Crippen LogP contribution >= 0.6 is 0 Å². The predicted molar refractivity (Wildman–Crippen MR) is 54.4 cm³/mol. The van der Waals surface area contributed by atoms with E-state index >= 15 is 0 Å². The Morgan fingerprint density at radius 3 is 2.86 bits per heavy atom. The zero-order valence-electron chi connectivity index (χ0n) is 8.90. The maximum absolute atomic E-state index is 5.48. The Kier molecular flexibility index (Phi) is 4.06. The van der Waals surface area contributed by atoms with Crippen LogP contribution in [0.25, 0.3) is 0 Å². The zero-order valence-corrected chi connectivity index (χ0v) is 8.90. The zero-order chi connectivity index (χ0) is 10.6. The quantitative estimate of drug-likeness (QED) is 0.529. The van der Waals surface area contributed by atoms with Gasteiger partial charge in [-0.3, -0.25) is 5.84 Å². The molecule has 0 aliphatic rings. The van der Waals surface area contributed by atoms with Gasteiger partial charge in [-0.05, 0) is 13.8 Å². The lowest BCUT2D eigenvalue weighted by atomic mass is 10.2. The molecule has 0 aliphatic heterocycles. The Labute approximate surface area is 84.2 Å². The summed E-state index contributed by atoms with van der Waals surface area (Å²) in [4.78, 5) is 4.23. The van der Waals surface area contributed by atoms with Crippen LogP contribution in [0.1, 0.15) is 25.7 Å². The number of ether oxygens (including phenoxy) is 1. The molecule has 0 fully saturated rings. The van der Waals surface area contributed by atoms with Crippen LogP contribution in [0.15, 0.2) is 12.4 Å². The van der Waals surface area contributed by atoms with Crippen LogP contribution in [-0.2, 0) is 11.8 Å².